The van der Waals surface area contributed by atoms with Crippen molar-refractivity contribution in [2.75, 3.05) is 13.1 Å². The van der Waals surface area contributed by atoms with Crippen molar-refractivity contribution in [3.8, 4) is 0 Å². The molecule has 0 aromatic heterocycles. The van der Waals surface area contributed by atoms with Gasteiger partial charge in [0.2, 0.25) is 5.91 Å². The number of carboxylic acids is 1. The molecule has 1 saturated heterocycles. The number of nitrogens with one attached hydrogen (secondary N) is 1. The number of piperidine rings is 1. The number of nitrogens with zero attached hydrogens (tertiary/aromatic N) is 1. The molecule has 1 aliphatic heterocycles. The molecule has 0 aliphatic carbocycles. The molecule has 1 amide bonds. The molecule has 0 radical (unpaired) electrons. The lowest BCUT2D eigenvalue weighted by Gasteiger charge is -2.33. The van der Waals surface area contributed by atoms with Crippen LogP contribution in [-0.4, -0.2) is 41.0 Å². The van der Waals surface area contributed by atoms with Gasteiger partial charge in [-0.3, -0.25) is 14.5 Å². The Morgan fingerprint density at radius 2 is 1.91 bits per heavy atom. The van der Waals surface area contributed by atoms with E-state index in [-0.39, 0.29) is 17.6 Å². The second-order valence-corrected chi connectivity index (χ2v) is 5.67. The van der Waals surface area contributed by atoms with Gasteiger partial charge in [-0.2, -0.15) is 0 Å². The van der Waals surface area contributed by atoms with Crippen LogP contribution in [0.4, 0.5) is 4.39 Å². The van der Waals surface area contributed by atoms with Crippen molar-refractivity contribution in [1.29, 1.82) is 0 Å². The van der Waals surface area contributed by atoms with E-state index in [1.165, 1.54) is 12.1 Å². The second kappa shape index (κ2) is 7.35. The van der Waals surface area contributed by atoms with E-state index in [2.05, 4.69) is 5.32 Å². The van der Waals surface area contributed by atoms with Gasteiger partial charge in [0, 0.05) is 12.5 Å². The van der Waals surface area contributed by atoms with Crippen molar-refractivity contribution in [2.24, 2.45) is 5.92 Å². The average Bonchev–Trinajstić information content (AvgIpc) is 2.53. The summed E-state index contributed by atoms with van der Waals surface area (Å²) < 4.78 is 12.8. The summed E-state index contributed by atoms with van der Waals surface area (Å²) in [7, 11) is 0. The smallest absolute Gasteiger partial charge is 0.320 e. The van der Waals surface area contributed by atoms with Gasteiger partial charge in [-0.25, -0.2) is 4.39 Å². The summed E-state index contributed by atoms with van der Waals surface area (Å²) in [6, 6.07) is 5.52. The maximum absolute atomic E-state index is 12.8. The average molecular weight is 308 g/mol. The van der Waals surface area contributed by atoms with Crippen molar-refractivity contribution in [1.82, 2.24) is 10.2 Å². The fourth-order valence-electron chi connectivity index (χ4n) is 2.64. The van der Waals surface area contributed by atoms with Crippen LogP contribution in [0.3, 0.4) is 0 Å². The lowest BCUT2D eigenvalue weighted by atomic mass is 9.95. The minimum atomic E-state index is -0.834. The van der Waals surface area contributed by atoms with Gasteiger partial charge in [0.05, 0.1) is 0 Å². The van der Waals surface area contributed by atoms with Crippen LogP contribution in [0.1, 0.15) is 25.3 Å². The van der Waals surface area contributed by atoms with Crippen LogP contribution < -0.4 is 5.32 Å². The summed E-state index contributed by atoms with van der Waals surface area (Å²) in [6.45, 7) is 3.27. The Bertz CT molecular complexity index is 525. The number of benzene rings is 1. The zero-order valence-electron chi connectivity index (χ0n) is 12.6. The van der Waals surface area contributed by atoms with E-state index in [4.69, 9.17) is 5.11 Å². The highest BCUT2D eigenvalue weighted by Gasteiger charge is 2.29. The summed E-state index contributed by atoms with van der Waals surface area (Å²) in [5.41, 5.74) is 0.853. The topological polar surface area (TPSA) is 69.6 Å². The van der Waals surface area contributed by atoms with Gasteiger partial charge < -0.3 is 10.4 Å². The van der Waals surface area contributed by atoms with E-state index in [0.29, 0.717) is 32.5 Å². The number of likely N-dealkylation sites (tertiary alicyclic amines) is 1. The van der Waals surface area contributed by atoms with Gasteiger partial charge in [0.25, 0.3) is 0 Å². The molecule has 0 spiro atoms. The van der Waals surface area contributed by atoms with Crippen LogP contribution in [0.5, 0.6) is 0 Å². The molecule has 1 fully saturated rings. The molecule has 2 N–H and O–H groups in total. The fourth-order valence-corrected chi connectivity index (χ4v) is 2.64. The Morgan fingerprint density at radius 3 is 2.45 bits per heavy atom. The molecule has 1 aromatic carbocycles. The largest absolute Gasteiger partial charge is 0.480 e. The molecule has 1 unspecified atom stereocenters. The van der Waals surface area contributed by atoms with E-state index in [9.17, 15) is 14.0 Å². The zero-order valence-corrected chi connectivity index (χ0v) is 12.6. The first-order valence-corrected chi connectivity index (χ1v) is 7.46. The van der Waals surface area contributed by atoms with Crippen LogP contribution in [0.25, 0.3) is 0 Å². The predicted molar refractivity (Wildman–Crippen MR) is 79.6 cm³/mol. The summed E-state index contributed by atoms with van der Waals surface area (Å²) >= 11 is 0. The van der Waals surface area contributed by atoms with Crippen LogP contribution in [0.2, 0.25) is 0 Å². The van der Waals surface area contributed by atoms with Gasteiger partial charge in [0.15, 0.2) is 0 Å². The third-order valence-corrected chi connectivity index (χ3v) is 4.19. The molecule has 1 aromatic rings. The predicted octanol–water partition coefficient (Wildman–Crippen LogP) is 1.63. The van der Waals surface area contributed by atoms with Crippen molar-refractivity contribution in [3.05, 3.63) is 35.6 Å². The quantitative estimate of drug-likeness (QED) is 0.867. The van der Waals surface area contributed by atoms with Gasteiger partial charge in [0.1, 0.15) is 11.9 Å². The van der Waals surface area contributed by atoms with E-state index in [0.717, 1.165) is 5.56 Å². The zero-order chi connectivity index (χ0) is 16.1. The molecule has 1 atom stereocenters. The van der Waals surface area contributed by atoms with Crippen LogP contribution >= 0.6 is 0 Å². The molecule has 22 heavy (non-hydrogen) atoms. The summed E-state index contributed by atoms with van der Waals surface area (Å²) in [5.74, 6) is -1.24. The van der Waals surface area contributed by atoms with Crippen molar-refractivity contribution in [3.63, 3.8) is 0 Å². The number of hydrogen-bond donors (Lipinski definition) is 2. The van der Waals surface area contributed by atoms with Gasteiger partial charge >= 0.3 is 5.97 Å². The normalized spacial score (nSPS) is 17.9. The molecule has 6 heteroatoms. The van der Waals surface area contributed by atoms with Crippen molar-refractivity contribution in [2.45, 2.75) is 32.4 Å². The molecule has 120 valence electrons. The number of halogens is 1. The molecule has 2 rings (SSSR count). The SMILES string of the molecule is CC(C(=O)O)N1CCC(C(=O)NCc2ccc(F)cc2)CC1. The molecule has 0 bridgehead atoms. The van der Waals surface area contributed by atoms with E-state index in [1.54, 1.807) is 19.1 Å². The number of carbonyl (C=O) groups is 2. The molecule has 5 nitrogen and oxygen atoms in total. The van der Waals surface area contributed by atoms with E-state index in [1.807, 2.05) is 4.90 Å². The highest BCUT2D eigenvalue weighted by Crippen LogP contribution is 2.19. The monoisotopic (exact) mass is 308 g/mol. The Hall–Kier alpha value is -1.95. The number of carbonyl (C=O) groups excluding carboxylic acids is 1. The van der Waals surface area contributed by atoms with Crippen molar-refractivity contribution >= 4 is 11.9 Å². The lowest BCUT2D eigenvalue weighted by Crippen LogP contribution is -2.46. The van der Waals surface area contributed by atoms with Gasteiger partial charge in [-0.1, -0.05) is 12.1 Å². The number of aliphatic carboxylic acids is 1. The number of amides is 1. The minimum Gasteiger partial charge on any atom is -0.480 e. The van der Waals surface area contributed by atoms with Crippen molar-refractivity contribution < 1.29 is 19.1 Å². The Morgan fingerprint density at radius 1 is 1.32 bits per heavy atom. The maximum atomic E-state index is 12.8. The summed E-state index contributed by atoms with van der Waals surface area (Å²) in [5, 5.41) is 11.9. The summed E-state index contributed by atoms with van der Waals surface area (Å²) in [4.78, 5) is 25.0. The molecule has 0 saturated carbocycles. The Labute approximate surface area is 129 Å². The van der Waals surface area contributed by atoms with Crippen LogP contribution in [0, 0.1) is 11.7 Å². The van der Waals surface area contributed by atoms with E-state index < -0.39 is 12.0 Å². The Balaban J connectivity index is 1.77. The second-order valence-electron chi connectivity index (χ2n) is 5.67. The first kappa shape index (κ1) is 16.4. The van der Waals surface area contributed by atoms with Gasteiger partial charge in [-0.05, 0) is 50.6 Å². The van der Waals surface area contributed by atoms with Crippen LogP contribution in [0.15, 0.2) is 24.3 Å². The minimum absolute atomic E-state index is 0.0213. The lowest BCUT2D eigenvalue weighted by molar-refractivity contribution is -0.143. The highest BCUT2D eigenvalue weighted by atomic mass is 19.1. The maximum Gasteiger partial charge on any atom is 0.320 e. The molecule has 1 aliphatic rings. The fraction of sp³-hybridized carbons (Fsp3) is 0.500. The number of rotatable bonds is 5. The first-order chi connectivity index (χ1) is 10.5. The summed E-state index contributed by atoms with van der Waals surface area (Å²) in [6.07, 6.45) is 1.32. The molecule has 1 heterocycles. The first-order valence-electron chi connectivity index (χ1n) is 7.46. The number of carboxylic acid groups (broad SMARTS) is 1. The number of hydrogen-bond acceptors (Lipinski definition) is 3. The molecular formula is C16H21FN2O3. The third-order valence-electron chi connectivity index (χ3n) is 4.19. The standard InChI is InChI=1S/C16H21FN2O3/c1-11(16(21)22)19-8-6-13(7-9-19)15(20)18-10-12-2-4-14(17)5-3-12/h2-5,11,13H,6-10H2,1H3,(H,18,20)(H,21,22). The van der Waals surface area contributed by atoms with Gasteiger partial charge in [-0.15, -0.1) is 0 Å². The van der Waals surface area contributed by atoms with E-state index >= 15 is 0 Å². The van der Waals surface area contributed by atoms with Crippen LogP contribution in [-0.2, 0) is 16.1 Å². The molecular weight excluding hydrogens is 287 g/mol. The highest BCUT2D eigenvalue weighted by molar-refractivity contribution is 5.78. The third kappa shape index (κ3) is 4.27. The Kier molecular flexibility index (Phi) is 5.49.